The van der Waals surface area contributed by atoms with Gasteiger partial charge in [-0.15, -0.1) is 0 Å². The SMILES string of the molecule is COCCCNc1nccc(C(=O)Nc2ccc(N(C)C)cc2)n1. The average molecular weight is 329 g/mol. The minimum absolute atomic E-state index is 0.269. The molecule has 1 aromatic carbocycles. The first-order valence-corrected chi connectivity index (χ1v) is 7.75. The van der Waals surface area contributed by atoms with Gasteiger partial charge in [-0.1, -0.05) is 0 Å². The lowest BCUT2D eigenvalue weighted by Gasteiger charge is -2.13. The third-order valence-corrected chi connectivity index (χ3v) is 3.34. The first-order chi connectivity index (χ1) is 11.6. The fraction of sp³-hybridized carbons (Fsp3) is 0.353. The number of aromatic nitrogens is 2. The Hall–Kier alpha value is -2.67. The van der Waals surface area contributed by atoms with Crippen LogP contribution in [-0.2, 0) is 4.74 Å². The Balaban J connectivity index is 1.96. The normalized spacial score (nSPS) is 10.3. The van der Waals surface area contributed by atoms with Gasteiger partial charge in [-0.2, -0.15) is 0 Å². The summed E-state index contributed by atoms with van der Waals surface area (Å²) in [5, 5.41) is 5.90. The van der Waals surface area contributed by atoms with Gasteiger partial charge in [-0.25, -0.2) is 9.97 Å². The van der Waals surface area contributed by atoms with E-state index in [1.165, 1.54) is 0 Å². The van der Waals surface area contributed by atoms with E-state index in [-0.39, 0.29) is 5.91 Å². The number of nitrogens with one attached hydrogen (secondary N) is 2. The van der Waals surface area contributed by atoms with Crippen LogP contribution in [0.5, 0.6) is 0 Å². The maximum Gasteiger partial charge on any atom is 0.274 e. The smallest absolute Gasteiger partial charge is 0.274 e. The fourth-order valence-corrected chi connectivity index (χ4v) is 2.03. The monoisotopic (exact) mass is 329 g/mol. The van der Waals surface area contributed by atoms with Crippen molar-refractivity contribution in [3.8, 4) is 0 Å². The lowest BCUT2D eigenvalue weighted by atomic mass is 10.2. The summed E-state index contributed by atoms with van der Waals surface area (Å²) in [6, 6.07) is 9.19. The molecule has 1 heterocycles. The van der Waals surface area contributed by atoms with Gasteiger partial charge in [0.15, 0.2) is 0 Å². The van der Waals surface area contributed by atoms with E-state index in [4.69, 9.17) is 4.74 Å². The number of amides is 1. The van der Waals surface area contributed by atoms with Crippen molar-refractivity contribution in [2.24, 2.45) is 0 Å². The number of ether oxygens (including phenoxy) is 1. The molecule has 0 saturated heterocycles. The molecule has 24 heavy (non-hydrogen) atoms. The van der Waals surface area contributed by atoms with Crippen molar-refractivity contribution < 1.29 is 9.53 Å². The van der Waals surface area contributed by atoms with Crippen LogP contribution in [0.4, 0.5) is 17.3 Å². The molecule has 0 unspecified atom stereocenters. The minimum atomic E-state index is -0.269. The van der Waals surface area contributed by atoms with Gasteiger partial charge in [0, 0.05) is 51.9 Å². The highest BCUT2D eigenvalue weighted by atomic mass is 16.5. The molecular weight excluding hydrogens is 306 g/mol. The molecule has 0 spiro atoms. The van der Waals surface area contributed by atoms with Crippen molar-refractivity contribution in [1.29, 1.82) is 0 Å². The van der Waals surface area contributed by atoms with Gasteiger partial charge in [0.05, 0.1) is 0 Å². The van der Waals surface area contributed by atoms with E-state index in [1.54, 1.807) is 19.4 Å². The van der Waals surface area contributed by atoms with Gasteiger partial charge in [0.25, 0.3) is 5.91 Å². The topological polar surface area (TPSA) is 79.4 Å². The van der Waals surface area contributed by atoms with Crippen LogP contribution in [0.1, 0.15) is 16.9 Å². The van der Waals surface area contributed by atoms with Crippen LogP contribution in [0.2, 0.25) is 0 Å². The number of hydrogen-bond acceptors (Lipinski definition) is 6. The fourth-order valence-electron chi connectivity index (χ4n) is 2.03. The van der Waals surface area contributed by atoms with Crippen molar-refractivity contribution in [2.75, 3.05) is 49.9 Å². The zero-order valence-electron chi connectivity index (χ0n) is 14.2. The number of methoxy groups -OCH3 is 1. The third-order valence-electron chi connectivity index (χ3n) is 3.34. The lowest BCUT2D eigenvalue weighted by molar-refractivity contribution is 0.102. The second-order valence-corrected chi connectivity index (χ2v) is 5.43. The quantitative estimate of drug-likeness (QED) is 0.723. The molecule has 2 N–H and O–H groups in total. The molecule has 0 radical (unpaired) electrons. The largest absolute Gasteiger partial charge is 0.385 e. The van der Waals surface area contributed by atoms with Gasteiger partial charge in [-0.05, 0) is 36.8 Å². The molecular formula is C17H23N5O2. The molecule has 7 nitrogen and oxygen atoms in total. The average Bonchev–Trinajstić information content (AvgIpc) is 2.59. The third kappa shape index (κ3) is 5.20. The number of carbonyl (C=O) groups excluding carboxylic acids is 1. The molecule has 1 aromatic heterocycles. The summed E-state index contributed by atoms with van der Waals surface area (Å²) < 4.78 is 4.98. The molecule has 1 amide bonds. The van der Waals surface area contributed by atoms with Crippen molar-refractivity contribution in [2.45, 2.75) is 6.42 Å². The Morgan fingerprint density at radius 2 is 1.96 bits per heavy atom. The maximum absolute atomic E-state index is 12.3. The molecule has 0 atom stereocenters. The Bertz CT molecular complexity index is 658. The molecule has 0 bridgehead atoms. The highest BCUT2D eigenvalue weighted by molar-refractivity contribution is 6.03. The Morgan fingerprint density at radius 3 is 2.62 bits per heavy atom. The highest BCUT2D eigenvalue weighted by Gasteiger charge is 2.09. The summed E-state index contributed by atoms with van der Waals surface area (Å²) in [5.41, 5.74) is 2.10. The van der Waals surface area contributed by atoms with Gasteiger partial charge < -0.3 is 20.3 Å². The maximum atomic E-state index is 12.3. The first-order valence-electron chi connectivity index (χ1n) is 7.75. The molecule has 0 aliphatic heterocycles. The Labute approximate surface area is 142 Å². The predicted octanol–water partition coefficient (Wildman–Crippen LogP) is 2.24. The van der Waals surface area contributed by atoms with Crippen molar-refractivity contribution in [1.82, 2.24) is 9.97 Å². The van der Waals surface area contributed by atoms with Crippen LogP contribution in [0.25, 0.3) is 0 Å². The molecule has 0 aliphatic rings. The number of nitrogens with zero attached hydrogens (tertiary/aromatic N) is 3. The van der Waals surface area contributed by atoms with Crippen LogP contribution < -0.4 is 15.5 Å². The van der Waals surface area contributed by atoms with Crippen molar-refractivity contribution in [3.05, 3.63) is 42.2 Å². The van der Waals surface area contributed by atoms with E-state index in [9.17, 15) is 4.79 Å². The zero-order chi connectivity index (χ0) is 17.4. The molecule has 0 aliphatic carbocycles. The number of benzene rings is 1. The summed E-state index contributed by atoms with van der Waals surface area (Å²) in [7, 11) is 5.60. The molecule has 2 aromatic rings. The molecule has 0 saturated carbocycles. The van der Waals surface area contributed by atoms with Gasteiger partial charge in [-0.3, -0.25) is 4.79 Å². The minimum Gasteiger partial charge on any atom is -0.385 e. The van der Waals surface area contributed by atoms with E-state index >= 15 is 0 Å². The predicted molar refractivity (Wildman–Crippen MR) is 95.7 cm³/mol. The zero-order valence-corrected chi connectivity index (χ0v) is 14.2. The van der Waals surface area contributed by atoms with Gasteiger partial charge >= 0.3 is 0 Å². The van der Waals surface area contributed by atoms with Crippen LogP contribution in [0, 0.1) is 0 Å². The number of carbonyl (C=O) groups is 1. The standard InChI is InChI=1S/C17H23N5O2/c1-22(2)14-7-5-13(6-8-14)20-16(23)15-9-11-19-17(21-15)18-10-4-12-24-3/h5-9,11H,4,10,12H2,1-3H3,(H,20,23)(H,18,19,21). The van der Waals surface area contributed by atoms with E-state index in [0.29, 0.717) is 24.8 Å². The summed E-state index contributed by atoms with van der Waals surface area (Å²) in [6.45, 7) is 1.35. The molecule has 128 valence electrons. The van der Waals surface area contributed by atoms with E-state index in [2.05, 4.69) is 20.6 Å². The van der Waals surface area contributed by atoms with Gasteiger partial charge in [0.2, 0.25) is 5.95 Å². The van der Waals surface area contributed by atoms with E-state index in [1.807, 2.05) is 43.3 Å². The lowest BCUT2D eigenvalue weighted by Crippen LogP contribution is -2.16. The van der Waals surface area contributed by atoms with Crippen LogP contribution in [-0.4, -0.2) is 50.2 Å². The molecule has 7 heteroatoms. The summed E-state index contributed by atoms with van der Waals surface area (Å²) in [5.74, 6) is 0.164. The van der Waals surface area contributed by atoms with E-state index < -0.39 is 0 Å². The highest BCUT2D eigenvalue weighted by Crippen LogP contribution is 2.16. The number of hydrogen-bond donors (Lipinski definition) is 2. The van der Waals surface area contributed by atoms with E-state index in [0.717, 1.165) is 17.8 Å². The van der Waals surface area contributed by atoms with Crippen LogP contribution >= 0.6 is 0 Å². The Morgan fingerprint density at radius 1 is 1.21 bits per heavy atom. The second kappa shape index (κ2) is 8.83. The Kier molecular flexibility index (Phi) is 6.51. The second-order valence-electron chi connectivity index (χ2n) is 5.43. The summed E-state index contributed by atoms with van der Waals surface area (Å²) in [6.07, 6.45) is 2.41. The molecule has 0 fully saturated rings. The molecule has 2 rings (SSSR count). The van der Waals surface area contributed by atoms with Crippen molar-refractivity contribution >= 4 is 23.2 Å². The number of rotatable bonds is 8. The van der Waals surface area contributed by atoms with Crippen LogP contribution in [0.3, 0.4) is 0 Å². The van der Waals surface area contributed by atoms with Crippen LogP contribution in [0.15, 0.2) is 36.5 Å². The first kappa shape index (κ1) is 17.7. The van der Waals surface area contributed by atoms with Crippen molar-refractivity contribution in [3.63, 3.8) is 0 Å². The summed E-state index contributed by atoms with van der Waals surface area (Å²) >= 11 is 0. The number of anilines is 3. The van der Waals surface area contributed by atoms with Gasteiger partial charge in [0.1, 0.15) is 5.69 Å². The summed E-state index contributed by atoms with van der Waals surface area (Å²) in [4.78, 5) is 22.6.